The largest absolute Gasteiger partial charge is 0.352 e. The zero-order valence-electron chi connectivity index (χ0n) is 13.5. The van der Waals surface area contributed by atoms with Crippen LogP contribution in [-0.4, -0.2) is 23.8 Å². The van der Waals surface area contributed by atoms with Crippen LogP contribution in [0.4, 0.5) is 4.39 Å². The lowest BCUT2D eigenvalue weighted by Gasteiger charge is -2.18. The molecule has 0 radical (unpaired) electrons. The van der Waals surface area contributed by atoms with Crippen LogP contribution in [0.15, 0.2) is 46.9 Å². The van der Waals surface area contributed by atoms with E-state index in [-0.39, 0.29) is 24.2 Å². The van der Waals surface area contributed by atoms with Crippen molar-refractivity contribution >= 4 is 27.7 Å². The van der Waals surface area contributed by atoms with Crippen molar-refractivity contribution < 1.29 is 14.0 Å². The first-order valence-electron chi connectivity index (χ1n) is 7.39. The van der Waals surface area contributed by atoms with Crippen LogP contribution in [0.3, 0.4) is 0 Å². The van der Waals surface area contributed by atoms with Crippen LogP contribution >= 0.6 is 15.9 Å². The van der Waals surface area contributed by atoms with E-state index in [1.807, 2.05) is 0 Å². The van der Waals surface area contributed by atoms with E-state index in [9.17, 15) is 14.0 Å². The molecule has 2 aromatic carbocycles. The first-order chi connectivity index (χ1) is 11.4. The molecule has 24 heavy (non-hydrogen) atoms. The average molecular weight is 393 g/mol. The molecule has 0 spiro atoms. The molecule has 126 valence electrons. The summed E-state index contributed by atoms with van der Waals surface area (Å²) in [6, 6.07) is 11.6. The van der Waals surface area contributed by atoms with Crippen molar-refractivity contribution in [1.82, 2.24) is 10.2 Å². The standard InChI is InChI=1S/C18H18BrFN2O2/c1-12(23)21-10-13-3-5-14(6-4-13)18(24)22(2)11-15-9-16(19)7-8-17(15)20/h3-9H,10-11H2,1-2H3,(H,21,23). The normalized spacial score (nSPS) is 10.3. The molecule has 6 heteroatoms. The van der Waals surface area contributed by atoms with Crippen molar-refractivity contribution in [3.63, 3.8) is 0 Å². The maximum Gasteiger partial charge on any atom is 0.253 e. The van der Waals surface area contributed by atoms with Gasteiger partial charge in [-0.25, -0.2) is 4.39 Å². The second-order valence-corrected chi connectivity index (χ2v) is 6.42. The lowest BCUT2D eigenvalue weighted by molar-refractivity contribution is -0.119. The summed E-state index contributed by atoms with van der Waals surface area (Å²) in [7, 11) is 1.63. The second-order valence-electron chi connectivity index (χ2n) is 5.50. The molecule has 0 aliphatic heterocycles. The zero-order chi connectivity index (χ0) is 17.7. The molecular weight excluding hydrogens is 375 g/mol. The van der Waals surface area contributed by atoms with Crippen LogP contribution in [0, 0.1) is 5.82 Å². The van der Waals surface area contributed by atoms with Crippen LogP contribution in [0.25, 0.3) is 0 Å². The van der Waals surface area contributed by atoms with Crippen LogP contribution in [0.1, 0.15) is 28.4 Å². The van der Waals surface area contributed by atoms with E-state index in [1.165, 1.54) is 17.9 Å². The molecule has 2 amide bonds. The number of carbonyl (C=O) groups is 2. The summed E-state index contributed by atoms with van der Waals surface area (Å²) < 4.78 is 14.6. The molecule has 0 heterocycles. The van der Waals surface area contributed by atoms with Gasteiger partial charge in [-0.15, -0.1) is 0 Å². The number of amides is 2. The van der Waals surface area contributed by atoms with Gasteiger partial charge >= 0.3 is 0 Å². The molecule has 4 nitrogen and oxygen atoms in total. The number of benzene rings is 2. The van der Waals surface area contributed by atoms with Gasteiger partial charge in [0.25, 0.3) is 5.91 Å². The number of hydrogen-bond donors (Lipinski definition) is 1. The number of carbonyl (C=O) groups excluding carboxylic acids is 2. The summed E-state index contributed by atoms with van der Waals surface area (Å²) in [4.78, 5) is 24.8. The van der Waals surface area contributed by atoms with E-state index < -0.39 is 0 Å². The van der Waals surface area contributed by atoms with E-state index >= 15 is 0 Å². The van der Waals surface area contributed by atoms with Crippen molar-refractivity contribution in [3.05, 3.63) is 69.4 Å². The highest BCUT2D eigenvalue weighted by atomic mass is 79.9. The minimum atomic E-state index is -0.344. The zero-order valence-corrected chi connectivity index (χ0v) is 15.1. The van der Waals surface area contributed by atoms with Gasteiger partial charge in [0.05, 0.1) is 0 Å². The Morgan fingerprint density at radius 1 is 1.17 bits per heavy atom. The average Bonchev–Trinajstić information content (AvgIpc) is 2.56. The highest BCUT2D eigenvalue weighted by Crippen LogP contribution is 2.18. The topological polar surface area (TPSA) is 49.4 Å². The van der Waals surface area contributed by atoms with Crippen LogP contribution in [-0.2, 0) is 17.9 Å². The van der Waals surface area contributed by atoms with Crippen LogP contribution in [0.2, 0.25) is 0 Å². The van der Waals surface area contributed by atoms with Gasteiger partial charge in [-0.05, 0) is 35.9 Å². The van der Waals surface area contributed by atoms with E-state index in [2.05, 4.69) is 21.2 Å². The maximum absolute atomic E-state index is 13.8. The van der Waals surface area contributed by atoms with E-state index in [0.717, 1.165) is 10.0 Å². The smallest absolute Gasteiger partial charge is 0.253 e. The Morgan fingerprint density at radius 2 is 1.83 bits per heavy atom. The fourth-order valence-corrected chi connectivity index (χ4v) is 2.61. The van der Waals surface area contributed by atoms with Crippen molar-refractivity contribution in [2.24, 2.45) is 0 Å². The minimum Gasteiger partial charge on any atom is -0.352 e. The summed E-state index contributed by atoms with van der Waals surface area (Å²) in [5.41, 5.74) is 1.87. The van der Waals surface area contributed by atoms with Crippen LogP contribution in [0.5, 0.6) is 0 Å². The van der Waals surface area contributed by atoms with Crippen molar-refractivity contribution in [3.8, 4) is 0 Å². The van der Waals surface area contributed by atoms with Gasteiger partial charge in [0.1, 0.15) is 5.82 Å². The number of nitrogens with zero attached hydrogens (tertiary/aromatic N) is 1. The van der Waals surface area contributed by atoms with Gasteiger partial charge in [0.2, 0.25) is 5.91 Å². The third kappa shape index (κ3) is 4.89. The Kier molecular flexibility index (Phi) is 6.09. The van der Waals surface area contributed by atoms with Crippen molar-refractivity contribution in [2.75, 3.05) is 7.05 Å². The maximum atomic E-state index is 13.8. The highest BCUT2D eigenvalue weighted by Gasteiger charge is 2.14. The molecule has 0 aromatic heterocycles. The fourth-order valence-electron chi connectivity index (χ4n) is 2.20. The van der Waals surface area contributed by atoms with Crippen LogP contribution < -0.4 is 5.32 Å². The number of nitrogens with one attached hydrogen (secondary N) is 1. The molecule has 0 bridgehead atoms. The molecule has 0 unspecified atom stereocenters. The minimum absolute atomic E-state index is 0.106. The summed E-state index contributed by atoms with van der Waals surface area (Å²) >= 11 is 3.30. The van der Waals surface area contributed by atoms with Gasteiger partial charge in [0.15, 0.2) is 0 Å². The fraction of sp³-hybridized carbons (Fsp3) is 0.222. The third-order valence-electron chi connectivity index (χ3n) is 3.50. The molecule has 0 fully saturated rings. The van der Waals surface area contributed by atoms with Crippen molar-refractivity contribution in [2.45, 2.75) is 20.0 Å². The Bertz CT molecular complexity index is 747. The number of hydrogen-bond acceptors (Lipinski definition) is 2. The Balaban J connectivity index is 2.04. The summed E-state index contributed by atoms with van der Waals surface area (Å²) in [6.07, 6.45) is 0. The Morgan fingerprint density at radius 3 is 2.46 bits per heavy atom. The highest BCUT2D eigenvalue weighted by molar-refractivity contribution is 9.10. The predicted octanol–water partition coefficient (Wildman–Crippen LogP) is 3.50. The van der Waals surface area contributed by atoms with Gasteiger partial charge in [0, 0.05) is 42.7 Å². The molecular formula is C18H18BrFN2O2. The molecule has 2 aromatic rings. The second kappa shape index (κ2) is 8.06. The molecule has 0 aliphatic rings. The number of halogens is 2. The molecule has 1 N–H and O–H groups in total. The van der Waals surface area contributed by atoms with Gasteiger partial charge < -0.3 is 10.2 Å². The SMILES string of the molecule is CC(=O)NCc1ccc(C(=O)N(C)Cc2cc(Br)ccc2F)cc1. The predicted molar refractivity (Wildman–Crippen MR) is 93.9 cm³/mol. The summed E-state index contributed by atoms with van der Waals surface area (Å²) in [5, 5.41) is 2.70. The van der Waals surface area contributed by atoms with Gasteiger partial charge in [-0.1, -0.05) is 28.1 Å². The lowest BCUT2D eigenvalue weighted by Crippen LogP contribution is -2.26. The lowest BCUT2D eigenvalue weighted by atomic mass is 10.1. The first kappa shape index (κ1) is 18.1. The third-order valence-corrected chi connectivity index (χ3v) is 4.00. The van der Waals surface area contributed by atoms with Crippen molar-refractivity contribution in [1.29, 1.82) is 0 Å². The molecule has 0 saturated carbocycles. The molecule has 0 aliphatic carbocycles. The van der Waals surface area contributed by atoms with E-state index in [4.69, 9.17) is 0 Å². The van der Waals surface area contributed by atoms with Gasteiger partial charge in [-0.2, -0.15) is 0 Å². The molecule has 0 saturated heterocycles. The first-order valence-corrected chi connectivity index (χ1v) is 8.19. The Hall–Kier alpha value is -2.21. The summed E-state index contributed by atoms with van der Waals surface area (Å²) in [5.74, 6) is -0.644. The van der Waals surface area contributed by atoms with E-state index in [0.29, 0.717) is 17.7 Å². The van der Waals surface area contributed by atoms with Gasteiger partial charge in [-0.3, -0.25) is 9.59 Å². The van der Waals surface area contributed by atoms with E-state index in [1.54, 1.807) is 43.4 Å². The monoisotopic (exact) mass is 392 g/mol. The molecule has 0 atom stereocenters. The molecule has 2 rings (SSSR count). The number of rotatable bonds is 5. The summed E-state index contributed by atoms with van der Waals surface area (Å²) in [6.45, 7) is 2.05. The quantitative estimate of drug-likeness (QED) is 0.846. The Labute approximate surface area is 148 Å².